The number of amides is 1. The van der Waals surface area contributed by atoms with Crippen molar-refractivity contribution in [3.63, 3.8) is 0 Å². The van der Waals surface area contributed by atoms with Crippen molar-refractivity contribution in [3.8, 4) is 17.2 Å². The average Bonchev–Trinajstić information content (AvgIpc) is 2.92. The highest BCUT2D eigenvalue weighted by Crippen LogP contribution is 2.39. The number of carbonyl (C=O) groups is 1. The molecule has 4 aromatic carbocycles. The van der Waals surface area contributed by atoms with Gasteiger partial charge in [-0.05, 0) is 53.2 Å². The first-order valence-corrected chi connectivity index (χ1v) is 11.8. The molecule has 0 radical (unpaired) electrons. The van der Waals surface area contributed by atoms with Gasteiger partial charge in [-0.2, -0.15) is 26.3 Å². The molecule has 0 saturated carbocycles. The lowest BCUT2D eigenvalue weighted by molar-refractivity contribution is -0.154. The monoisotopic (exact) mass is 573 g/mol. The maximum atomic E-state index is 13.9. The third kappa shape index (κ3) is 6.11. The summed E-state index contributed by atoms with van der Waals surface area (Å²) in [5.74, 6) is -3.68. The van der Waals surface area contributed by atoms with Gasteiger partial charge in [0.25, 0.3) is 11.7 Å². The zero-order valence-electron chi connectivity index (χ0n) is 20.6. The van der Waals surface area contributed by atoms with Gasteiger partial charge in [-0.15, -0.1) is 0 Å². The van der Waals surface area contributed by atoms with Crippen LogP contribution in [0.3, 0.4) is 0 Å². The standard InChI is InChI=1S/C29H17F6NO5/c30-28(31,32)18-6-3-7-19(13-18)36-24(37)15-39-20-10-11-22-23(14-20)41-27(29(33,34)35)26(25(22)38)40-21-9-8-16-4-1-2-5-17(16)12-21/h1-14H,15H2,(H,36,37). The van der Waals surface area contributed by atoms with E-state index in [4.69, 9.17) is 13.9 Å². The number of fused-ring (bicyclic) bond motifs is 2. The third-order valence-corrected chi connectivity index (χ3v) is 5.86. The Kier molecular flexibility index (Phi) is 7.08. The third-order valence-electron chi connectivity index (χ3n) is 5.86. The summed E-state index contributed by atoms with van der Waals surface area (Å²) in [5, 5.41) is 3.50. The van der Waals surface area contributed by atoms with E-state index in [1.54, 1.807) is 30.3 Å². The fourth-order valence-corrected chi connectivity index (χ4v) is 3.99. The van der Waals surface area contributed by atoms with E-state index in [-0.39, 0.29) is 22.6 Å². The first-order chi connectivity index (χ1) is 19.4. The second-order valence-corrected chi connectivity index (χ2v) is 8.77. The van der Waals surface area contributed by atoms with Crippen LogP contribution in [-0.2, 0) is 17.1 Å². The van der Waals surface area contributed by atoms with Gasteiger partial charge >= 0.3 is 12.4 Å². The van der Waals surface area contributed by atoms with Crippen molar-refractivity contribution in [2.75, 3.05) is 11.9 Å². The van der Waals surface area contributed by atoms with Gasteiger partial charge in [0.1, 0.15) is 17.1 Å². The maximum Gasteiger partial charge on any atom is 0.453 e. The largest absolute Gasteiger partial charge is 0.484 e. The van der Waals surface area contributed by atoms with Crippen LogP contribution in [0.4, 0.5) is 32.0 Å². The lowest BCUT2D eigenvalue weighted by Crippen LogP contribution is -2.20. The highest BCUT2D eigenvalue weighted by molar-refractivity contribution is 5.92. The van der Waals surface area contributed by atoms with Crippen molar-refractivity contribution in [1.29, 1.82) is 0 Å². The van der Waals surface area contributed by atoms with E-state index >= 15 is 0 Å². The number of anilines is 1. The summed E-state index contributed by atoms with van der Waals surface area (Å²) in [6, 6.07) is 18.9. The van der Waals surface area contributed by atoms with Crippen LogP contribution in [0.2, 0.25) is 0 Å². The summed E-state index contributed by atoms with van der Waals surface area (Å²) >= 11 is 0. The molecule has 1 N–H and O–H groups in total. The Balaban J connectivity index is 1.39. The second kappa shape index (κ2) is 10.5. The molecule has 6 nitrogen and oxygen atoms in total. The minimum atomic E-state index is -5.10. The van der Waals surface area contributed by atoms with Crippen molar-refractivity contribution in [2.24, 2.45) is 0 Å². The topological polar surface area (TPSA) is 77.8 Å². The van der Waals surface area contributed by atoms with Crippen molar-refractivity contribution < 1.29 is 45.0 Å². The summed E-state index contributed by atoms with van der Waals surface area (Å²) in [7, 11) is 0. The van der Waals surface area contributed by atoms with E-state index in [9.17, 15) is 35.9 Å². The fourth-order valence-electron chi connectivity index (χ4n) is 3.99. The van der Waals surface area contributed by atoms with E-state index in [0.29, 0.717) is 5.39 Å². The second-order valence-electron chi connectivity index (χ2n) is 8.77. The Morgan fingerprint density at radius 3 is 2.24 bits per heavy atom. The predicted octanol–water partition coefficient (Wildman–Crippen LogP) is 7.79. The number of nitrogens with one attached hydrogen (secondary N) is 1. The molecule has 0 aliphatic heterocycles. The van der Waals surface area contributed by atoms with E-state index in [2.05, 4.69) is 5.32 Å². The molecular weight excluding hydrogens is 556 g/mol. The van der Waals surface area contributed by atoms with Gasteiger partial charge in [-0.3, -0.25) is 9.59 Å². The van der Waals surface area contributed by atoms with E-state index in [1.807, 2.05) is 0 Å². The lowest BCUT2D eigenvalue weighted by Gasteiger charge is -2.14. The number of rotatable bonds is 6. The minimum Gasteiger partial charge on any atom is -0.484 e. The first-order valence-electron chi connectivity index (χ1n) is 11.8. The predicted molar refractivity (Wildman–Crippen MR) is 137 cm³/mol. The highest BCUT2D eigenvalue weighted by atomic mass is 19.4. The van der Waals surface area contributed by atoms with Crippen molar-refractivity contribution in [1.82, 2.24) is 0 Å². The van der Waals surface area contributed by atoms with Crippen LogP contribution in [0.25, 0.3) is 21.7 Å². The number of halogens is 6. The molecule has 1 heterocycles. The van der Waals surface area contributed by atoms with Gasteiger partial charge in [0.15, 0.2) is 6.61 Å². The molecule has 0 unspecified atom stereocenters. The smallest absolute Gasteiger partial charge is 0.453 e. The summed E-state index contributed by atoms with van der Waals surface area (Å²) in [5.41, 5.74) is -2.67. The number of hydrogen-bond donors (Lipinski definition) is 1. The van der Waals surface area contributed by atoms with Gasteiger partial charge < -0.3 is 19.2 Å². The molecule has 5 rings (SSSR count). The highest BCUT2D eigenvalue weighted by Gasteiger charge is 2.40. The molecule has 0 aliphatic carbocycles. The van der Waals surface area contributed by atoms with Crippen LogP contribution in [0.1, 0.15) is 11.3 Å². The number of benzene rings is 4. The van der Waals surface area contributed by atoms with Gasteiger partial charge in [0.05, 0.1) is 10.9 Å². The Bertz CT molecular complexity index is 1830. The summed E-state index contributed by atoms with van der Waals surface area (Å²) in [6.07, 6.45) is -9.71. The normalized spacial score (nSPS) is 12.0. The zero-order valence-corrected chi connectivity index (χ0v) is 20.6. The molecule has 210 valence electrons. The lowest BCUT2D eigenvalue weighted by atomic mass is 10.1. The van der Waals surface area contributed by atoms with Gasteiger partial charge in [-0.25, -0.2) is 0 Å². The maximum absolute atomic E-state index is 13.9. The van der Waals surface area contributed by atoms with Gasteiger partial charge in [0, 0.05) is 11.8 Å². The SMILES string of the molecule is O=C(COc1ccc2c(=O)c(Oc3ccc4ccccc4c3)c(C(F)(F)F)oc2c1)Nc1cccc(C(F)(F)F)c1. The summed E-state index contributed by atoms with van der Waals surface area (Å²) < 4.78 is 96.1. The molecule has 0 saturated heterocycles. The molecule has 0 bridgehead atoms. The first kappa shape index (κ1) is 27.6. The molecule has 41 heavy (non-hydrogen) atoms. The summed E-state index contributed by atoms with van der Waals surface area (Å²) in [4.78, 5) is 25.3. The molecule has 0 fully saturated rings. The Hall–Kier alpha value is -5.00. The molecular formula is C29H17F6NO5. The van der Waals surface area contributed by atoms with Gasteiger partial charge in [0.2, 0.25) is 11.2 Å². The van der Waals surface area contributed by atoms with Crippen molar-refractivity contribution >= 4 is 33.3 Å². The molecule has 12 heteroatoms. The fraction of sp³-hybridized carbons (Fsp3) is 0.103. The molecule has 0 aliphatic rings. The van der Waals surface area contributed by atoms with Crippen LogP contribution in [0.5, 0.6) is 17.2 Å². The van der Waals surface area contributed by atoms with Crippen LogP contribution in [0.15, 0.2) is 94.1 Å². The van der Waals surface area contributed by atoms with E-state index < -0.39 is 53.0 Å². The number of alkyl halides is 6. The number of hydrogen-bond acceptors (Lipinski definition) is 5. The quantitative estimate of drug-likeness (QED) is 0.210. The summed E-state index contributed by atoms with van der Waals surface area (Å²) in [6.45, 7) is -0.693. The Labute approximate surface area is 226 Å². The van der Waals surface area contributed by atoms with Crippen molar-refractivity contribution in [3.05, 3.63) is 106 Å². The van der Waals surface area contributed by atoms with Crippen molar-refractivity contribution in [2.45, 2.75) is 12.4 Å². The minimum absolute atomic E-state index is 0.00686. The molecule has 0 atom stereocenters. The van der Waals surface area contributed by atoms with E-state index in [0.717, 1.165) is 35.7 Å². The van der Waals surface area contributed by atoms with Crippen LogP contribution in [0, 0.1) is 0 Å². The number of carbonyl (C=O) groups excluding carboxylic acids is 1. The van der Waals surface area contributed by atoms with Gasteiger partial charge in [-0.1, -0.05) is 36.4 Å². The van der Waals surface area contributed by atoms with E-state index in [1.165, 1.54) is 24.3 Å². The zero-order chi connectivity index (χ0) is 29.4. The number of ether oxygens (including phenoxy) is 2. The molecule has 1 amide bonds. The molecule has 0 spiro atoms. The van der Waals surface area contributed by atoms with Crippen LogP contribution >= 0.6 is 0 Å². The average molecular weight is 573 g/mol. The Morgan fingerprint density at radius 1 is 0.780 bits per heavy atom. The van der Waals surface area contributed by atoms with Crippen LogP contribution in [-0.4, -0.2) is 12.5 Å². The van der Waals surface area contributed by atoms with Crippen LogP contribution < -0.4 is 20.2 Å². The molecule has 1 aromatic heterocycles. The Morgan fingerprint density at radius 2 is 1.51 bits per heavy atom. The molecule has 5 aromatic rings.